The Kier molecular flexibility index (Phi) is 4.56. The van der Waals surface area contributed by atoms with E-state index in [0.29, 0.717) is 17.5 Å². The molecule has 0 saturated heterocycles. The Morgan fingerprint density at radius 3 is 2.70 bits per heavy atom. The summed E-state index contributed by atoms with van der Waals surface area (Å²) in [6.45, 7) is 6.57. The fraction of sp³-hybridized carbons (Fsp3) is 0.714. The molecule has 3 N–H and O–H groups in total. The largest absolute Gasteiger partial charge is 0.363 e. The molecule has 0 unspecified atom stereocenters. The van der Waals surface area contributed by atoms with Crippen LogP contribution in [0.15, 0.2) is 17.2 Å². The standard InChI is InChI=1S/C14H25N3O2S/c1-4-7-14(2,3)17-20(18,19)13-8-12(16-10-13)9-15-11-5-6-11/h8,10-11,15-17H,4-7,9H2,1-3H3. The van der Waals surface area contributed by atoms with Crippen LogP contribution >= 0.6 is 0 Å². The molecule has 114 valence electrons. The zero-order valence-corrected chi connectivity index (χ0v) is 13.3. The molecule has 0 aliphatic heterocycles. The lowest BCUT2D eigenvalue weighted by atomic mass is 10.0. The molecule has 0 aromatic carbocycles. The van der Waals surface area contributed by atoms with Crippen molar-refractivity contribution < 1.29 is 8.42 Å². The Hall–Kier alpha value is -0.850. The highest BCUT2D eigenvalue weighted by molar-refractivity contribution is 7.89. The van der Waals surface area contributed by atoms with E-state index in [2.05, 4.69) is 15.0 Å². The first-order chi connectivity index (χ1) is 9.32. The lowest BCUT2D eigenvalue weighted by Crippen LogP contribution is -2.42. The van der Waals surface area contributed by atoms with Crippen molar-refractivity contribution in [3.8, 4) is 0 Å². The van der Waals surface area contributed by atoms with E-state index < -0.39 is 15.6 Å². The van der Waals surface area contributed by atoms with Crippen molar-refractivity contribution in [2.75, 3.05) is 0 Å². The first-order valence-corrected chi connectivity index (χ1v) is 8.75. The number of hydrogen-bond donors (Lipinski definition) is 3. The SMILES string of the molecule is CCCC(C)(C)NS(=O)(=O)c1c[nH]c(CNC2CC2)c1. The lowest BCUT2D eigenvalue weighted by molar-refractivity contribution is 0.418. The summed E-state index contributed by atoms with van der Waals surface area (Å²) in [7, 11) is -3.45. The molecule has 1 heterocycles. The zero-order chi connectivity index (χ0) is 14.8. The molecule has 1 fully saturated rings. The minimum absolute atomic E-state index is 0.314. The van der Waals surface area contributed by atoms with Crippen LogP contribution in [0.3, 0.4) is 0 Å². The van der Waals surface area contributed by atoms with E-state index in [1.54, 1.807) is 12.3 Å². The van der Waals surface area contributed by atoms with Gasteiger partial charge in [0.25, 0.3) is 0 Å². The summed E-state index contributed by atoms with van der Waals surface area (Å²) in [6, 6.07) is 2.32. The van der Waals surface area contributed by atoms with E-state index in [0.717, 1.165) is 18.5 Å². The summed E-state index contributed by atoms with van der Waals surface area (Å²) < 4.78 is 27.4. The predicted octanol–water partition coefficient (Wildman–Crippen LogP) is 2.12. The third-order valence-electron chi connectivity index (χ3n) is 3.47. The minimum atomic E-state index is -3.45. The molecule has 1 aliphatic carbocycles. The average molecular weight is 299 g/mol. The normalized spacial score (nSPS) is 16.6. The molecule has 0 atom stereocenters. The minimum Gasteiger partial charge on any atom is -0.363 e. The van der Waals surface area contributed by atoms with E-state index in [-0.39, 0.29) is 0 Å². The molecular weight excluding hydrogens is 274 g/mol. The van der Waals surface area contributed by atoms with Crippen LogP contribution < -0.4 is 10.0 Å². The highest BCUT2D eigenvalue weighted by Crippen LogP contribution is 2.20. The maximum atomic E-state index is 12.3. The summed E-state index contributed by atoms with van der Waals surface area (Å²) in [5.41, 5.74) is 0.489. The second-order valence-electron chi connectivity index (χ2n) is 6.26. The van der Waals surface area contributed by atoms with Crippen molar-refractivity contribution in [1.29, 1.82) is 0 Å². The molecule has 1 aromatic rings. The van der Waals surface area contributed by atoms with Crippen LogP contribution in [-0.2, 0) is 16.6 Å². The highest BCUT2D eigenvalue weighted by Gasteiger charge is 2.26. The van der Waals surface area contributed by atoms with E-state index in [1.165, 1.54) is 12.8 Å². The second-order valence-corrected chi connectivity index (χ2v) is 7.94. The number of aromatic amines is 1. The molecule has 0 radical (unpaired) electrons. The van der Waals surface area contributed by atoms with Gasteiger partial charge in [0.05, 0.1) is 4.90 Å². The number of nitrogens with one attached hydrogen (secondary N) is 3. The Balaban J connectivity index is 2.01. The van der Waals surface area contributed by atoms with Gasteiger partial charge in [-0.3, -0.25) is 0 Å². The van der Waals surface area contributed by atoms with Gasteiger partial charge >= 0.3 is 0 Å². The van der Waals surface area contributed by atoms with Crippen molar-refractivity contribution in [3.05, 3.63) is 18.0 Å². The molecule has 5 nitrogen and oxygen atoms in total. The summed E-state index contributed by atoms with van der Waals surface area (Å²) in [4.78, 5) is 3.35. The Morgan fingerprint density at radius 1 is 1.40 bits per heavy atom. The van der Waals surface area contributed by atoms with Gasteiger partial charge in [0.1, 0.15) is 0 Å². The van der Waals surface area contributed by atoms with Crippen LogP contribution in [0.2, 0.25) is 0 Å². The van der Waals surface area contributed by atoms with Crippen molar-refractivity contribution >= 4 is 10.0 Å². The van der Waals surface area contributed by atoms with Crippen LogP contribution in [0.1, 0.15) is 52.1 Å². The highest BCUT2D eigenvalue weighted by atomic mass is 32.2. The Labute approximate surface area is 121 Å². The lowest BCUT2D eigenvalue weighted by Gasteiger charge is -2.24. The Morgan fingerprint density at radius 2 is 2.10 bits per heavy atom. The predicted molar refractivity (Wildman–Crippen MR) is 80.0 cm³/mol. The van der Waals surface area contributed by atoms with E-state index in [4.69, 9.17) is 0 Å². The summed E-state index contributed by atoms with van der Waals surface area (Å²) in [5.74, 6) is 0. The van der Waals surface area contributed by atoms with Gasteiger partial charge in [-0.15, -0.1) is 0 Å². The van der Waals surface area contributed by atoms with Gasteiger partial charge < -0.3 is 10.3 Å². The topological polar surface area (TPSA) is 74.0 Å². The van der Waals surface area contributed by atoms with Crippen LogP contribution in [0, 0.1) is 0 Å². The smallest absolute Gasteiger partial charge is 0.242 e. The number of H-pyrrole nitrogens is 1. The molecule has 0 spiro atoms. The number of sulfonamides is 1. The number of aromatic nitrogens is 1. The van der Waals surface area contributed by atoms with Crippen LogP contribution in [0.25, 0.3) is 0 Å². The average Bonchev–Trinajstić information content (AvgIpc) is 3.01. The van der Waals surface area contributed by atoms with Gasteiger partial charge in [0.2, 0.25) is 10.0 Å². The molecule has 6 heteroatoms. The summed E-state index contributed by atoms with van der Waals surface area (Å²) >= 11 is 0. The van der Waals surface area contributed by atoms with Gasteiger partial charge in [0.15, 0.2) is 0 Å². The van der Waals surface area contributed by atoms with Crippen LogP contribution in [0.4, 0.5) is 0 Å². The van der Waals surface area contributed by atoms with Crippen molar-refractivity contribution in [3.63, 3.8) is 0 Å². The molecule has 0 bridgehead atoms. The van der Waals surface area contributed by atoms with Gasteiger partial charge in [-0.25, -0.2) is 13.1 Å². The molecule has 1 saturated carbocycles. The fourth-order valence-corrected chi connectivity index (χ4v) is 3.78. The van der Waals surface area contributed by atoms with E-state index >= 15 is 0 Å². The van der Waals surface area contributed by atoms with Gasteiger partial charge in [-0.05, 0) is 39.2 Å². The molecule has 1 aromatic heterocycles. The van der Waals surface area contributed by atoms with Crippen LogP contribution in [-0.4, -0.2) is 25.0 Å². The molecular formula is C14H25N3O2S. The van der Waals surface area contributed by atoms with Gasteiger partial charge in [0, 0.05) is 30.0 Å². The van der Waals surface area contributed by atoms with E-state index in [9.17, 15) is 8.42 Å². The van der Waals surface area contributed by atoms with Crippen molar-refractivity contribution in [2.45, 2.75) is 69.5 Å². The third kappa shape index (κ3) is 4.33. The quantitative estimate of drug-likeness (QED) is 0.688. The number of hydrogen-bond acceptors (Lipinski definition) is 3. The molecule has 1 aliphatic rings. The third-order valence-corrected chi connectivity index (χ3v) is 5.15. The second kappa shape index (κ2) is 5.87. The molecule has 20 heavy (non-hydrogen) atoms. The molecule has 2 rings (SSSR count). The van der Waals surface area contributed by atoms with Gasteiger partial charge in [-0.1, -0.05) is 13.3 Å². The van der Waals surface area contributed by atoms with Crippen molar-refractivity contribution in [2.24, 2.45) is 0 Å². The number of rotatable bonds is 8. The summed E-state index contributed by atoms with van der Waals surface area (Å²) in [5, 5.41) is 3.36. The maximum Gasteiger partial charge on any atom is 0.242 e. The fourth-order valence-electron chi connectivity index (χ4n) is 2.32. The van der Waals surface area contributed by atoms with Crippen LogP contribution in [0.5, 0.6) is 0 Å². The Bertz CT molecular complexity index is 545. The monoisotopic (exact) mass is 299 g/mol. The zero-order valence-electron chi connectivity index (χ0n) is 12.5. The van der Waals surface area contributed by atoms with E-state index in [1.807, 2.05) is 20.8 Å². The maximum absolute atomic E-state index is 12.3. The van der Waals surface area contributed by atoms with Gasteiger partial charge in [-0.2, -0.15) is 0 Å². The molecule has 0 amide bonds. The summed E-state index contributed by atoms with van der Waals surface area (Å²) in [6.07, 6.45) is 5.76. The first kappa shape index (κ1) is 15.5. The van der Waals surface area contributed by atoms with Crippen molar-refractivity contribution in [1.82, 2.24) is 15.0 Å². The first-order valence-electron chi connectivity index (χ1n) is 7.27.